The molecule has 2 rings (SSSR count). The van der Waals surface area contributed by atoms with Gasteiger partial charge in [0.05, 0.1) is 15.1 Å². The second kappa shape index (κ2) is 6.92. The minimum Gasteiger partial charge on any atom is -0.309 e. The highest BCUT2D eigenvalue weighted by Crippen LogP contribution is 2.37. The fourth-order valence-electron chi connectivity index (χ4n) is 2.00. The van der Waals surface area contributed by atoms with Crippen molar-refractivity contribution in [3.63, 3.8) is 0 Å². The summed E-state index contributed by atoms with van der Waals surface area (Å²) in [5.41, 5.74) is 0.838. The number of hydrogen-bond donors (Lipinski definition) is 0. The number of hydrogen-bond acceptors (Lipinski definition) is 4. The highest BCUT2D eigenvalue weighted by Gasteiger charge is 2.22. The standard InChI is InChI=1S/C13H16Cl3N5/c1-8-17-19-21(18-8)11(6-7-20(2)3)9-4-5-10(14)13(16)12(9)15/h4-5,11H,6-7H2,1-3H3. The zero-order valence-electron chi connectivity index (χ0n) is 12.0. The van der Waals surface area contributed by atoms with Crippen LogP contribution in [-0.4, -0.2) is 45.7 Å². The lowest BCUT2D eigenvalue weighted by molar-refractivity contribution is 0.339. The van der Waals surface area contributed by atoms with Gasteiger partial charge in [-0.05, 0) is 50.8 Å². The molecule has 0 aliphatic carbocycles. The zero-order valence-corrected chi connectivity index (χ0v) is 14.3. The maximum atomic E-state index is 6.35. The molecule has 0 bridgehead atoms. The normalized spacial score (nSPS) is 12.9. The van der Waals surface area contributed by atoms with Crippen LogP contribution < -0.4 is 0 Å². The Kier molecular flexibility index (Phi) is 5.43. The number of rotatable bonds is 5. The van der Waals surface area contributed by atoms with Gasteiger partial charge in [0.2, 0.25) is 0 Å². The van der Waals surface area contributed by atoms with Crippen LogP contribution in [-0.2, 0) is 0 Å². The molecule has 0 aliphatic rings. The van der Waals surface area contributed by atoms with Crippen molar-refractivity contribution in [3.05, 3.63) is 38.6 Å². The maximum absolute atomic E-state index is 6.35. The van der Waals surface area contributed by atoms with Gasteiger partial charge in [-0.3, -0.25) is 0 Å². The lowest BCUT2D eigenvalue weighted by Gasteiger charge is -2.20. The number of aromatic nitrogens is 4. The van der Waals surface area contributed by atoms with E-state index in [-0.39, 0.29) is 6.04 Å². The zero-order chi connectivity index (χ0) is 15.6. The molecule has 0 saturated carbocycles. The van der Waals surface area contributed by atoms with E-state index in [1.807, 2.05) is 20.2 Å². The molecule has 1 atom stereocenters. The molecule has 0 N–H and O–H groups in total. The van der Waals surface area contributed by atoms with Crippen molar-refractivity contribution >= 4 is 34.8 Å². The number of halogens is 3. The Morgan fingerprint density at radius 1 is 1.19 bits per heavy atom. The van der Waals surface area contributed by atoms with Crippen LogP contribution >= 0.6 is 34.8 Å². The molecule has 2 aromatic rings. The molecule has 0 spiro atoms. The Morgan fingerprint density at radius 3 is 2.48 bits per heavy atom. The van der Waals surface area contributed by atoms with Gasteiger partial charge in [-0.15, -0.1) is 10.2 Å². The highest BCUT2D eigenvalue weighted by atomic mass is 35.5. The summed E-state index contributed by atoms with van der Waals surface area (Å²) in [6, 6.07) is 3.45. The summed E-state index contributed by atoms with van der Waals surface area (Å²) in [5, 5.41) is 13.5. The number of aryl methyl sites for hydroxylation is 1. The fourth-order valence-corrected chi connectivity index (χ4v) is 2.67. The SMILES string of the molecule is Cc1nnn(C(CCN(C)C)c2ccc(Cl)c(Cl)c2Cl)n1. The lowest BCUT2D eigenvalue weighted by atomic mass is 10.0. The Labute approximate surface area is 138 Å². The molecule has 0 fully saturated rings. The molecule has 0 saturated heterocycles. The summed E-state index contributed by atoms with van der Waals surface area (Å²) in [5.74, 6) is 0.612. The average Bonchev–Trinajstić information content (AvgIpc) is 2.85. The molecule has 1 aromatic carbocycles. The van der Waals surface area contributed by atoms with E-state index in [9.17, 15) is 0 Å². The minimum absolute atomic E-state index is 0.143. The maximum Gasteiger partial charge on any atom is 0.171 e. The summed E-state index contributed by atoms with van der Waals surface area (Å²) >= 11 is 18.5. The summed E-state index contributed by atoms with van der Waals surface area (Å²) in [7, 11) is 4.01. The Morgan fingerprint density at radius 2 is 1.90 bits per heavy atom. The molecule has 8 heteroatoms. The van der Waals surface area contributed by atoms with E-state index in [1.54, 1.807) is 17.8 Å². The van der Waals surface area contributed by atoms with Gasteiger partial charge in [-0.25, -0.2) is 0 Å². The smallest absolute Gasteiger partial charge is 0.171 e. The molecule has 0 radical (unpaired) electrons. The molecular formula is C13H16Cl3N5. The van der Waals surface area contributed by atoms with E-state index in [0.717, 1.165) is 18.5 Å². The first kappa shape index (κ1) is 16.5. The van der Waals surface area contributed by atoms with Crippen LogP contribution in [0, 0.1) is 6.92 Å². The van der Waals surface area contributed by atoms with Crippen LogP contribution in [0.3, 0.4) is 0 Å². The van der Waals surface area contributed by atoms with Gasteiger partial charge in [0, 0.05) is 0 Å². The molecule has 1 heterocycles. The molecule has 1 unspecified atom stereocenters. The molecule has 1 aromatic heterocycles. The highest BCUT2D eigenvalue weighted by molar-refractivity contribution is 6.48. The van der Waals surface area contributed by atoms with Gasteiger partial charge in [0.25, 0.3) is 0 Å². The topological polar surface area (TPSA) is 46.8 Å². The third-order valence-electron chi connectivity index (χ3n) is 3.08. The largest absolute Gasteiger partial charge is 0.309 e. The predicted molar refractivity (Wildman–Crippen MR) is 85.3 cm³/mol. The Hall–Kier alpha value is -0.880. The van der Waals surface area contributed by atoms with Crippen LogP contribution in [0.15, 0.2) is 12.1 Å². The van der Waals surface area contributed by atoms with E-state index in [2.05, 4.69) is 20.3 Å². The Bertz CT molecular complexity index is 626. The van der Waals surface area contributed by atoms with Crippen LogP contribution in [0.2, 0.25) is 15.1 Å². The first-order chi connectivity index (χ1) is 9.90. The first-order valence-electron chi connectivity index (χ1n) is 6.44. The van der Waals surface area contributed by atoms with E-state index >= 15 is 0 Å². The van der Waals surface area contributed by atoms with Crippen molar-refractivity contribution < 1.29 is 0 Å². The quantitative estimate of drug-likeness (QED) is 0.776. The third-order valence-corrected chi connectivity index (χ3v) is 4.39. The van der Waals surface area contributed by atoms with Crippen LogP contribution in [0.1, 0.15) is 23.9 Å². The van der Waals surface area contributed by atoms with E-state index < -0.39 is 0 Å². The second-order valence-corrected chi connectivity index (χ2v) is 6.19. The van der Waals surface area contributed by atoms with Crippen LogP contribution in [0.5, 0.6) is 0 Å². The van der Waals surface area contributed by atoms with Gasteiger partial charge in [0.1, 0.15) is 6.04 Å². The molecule has 5 nitrogen and oxygen atoms in total. The summed E-state index contributed by atoms with van der Waals surface area (Å²) in [4.78, 5) is 3.66. The lowest BCUT2D eigenvalue weighted by Crippen LogP contribution is -2.22. The van der Waals surface area contributed by atoms with Crippen molar-refractivity contribution in [2.24, 2.45) is 0 Å². The molecule has 21 heavy (non-hydrogen) atoms. The number of nitrogens with zero attached hydrogens (tertiary/aromatic N) is 5. The van der Waals surface area contributed by atoms with Gasteiger partial charge in [0.15, 0.2) is 5.82 Å². The minimum atomic E-state index is -0.143. The molecule has 114 valence electrons. The van der Waals surface area contributed by atoms with Crippen molar-refractivity contribution in [2.75, 3.05) is 20.6 Å². The summed E-state index contributed by atoms with van der Waals surface area (Å²) in [6.07, 6.45) is 0.778. The molecular weight excluding hydrogens is 333 g/mol. The van der Waals surface area contributed by atoms with Crippen LogP contribution in [0.25, 0.3) is 0 Å². The van der Waals surface area contributed by atoms with E-state index in [1.165, 1.54) is 0 Å². The van der Waals surface area contributed by atoms with Gasteiger partial charge in [-0.1, -0.05) is 40.9 Å². The van der Waals surface area contributed by atoms with Crippen molar-refractivity contribution in [3.8, 4) is 0 Å². The second-order valence-electron chi connectivity index (χ2n) is 5.03. The van der Waals surface area contributed by atoms with Gasteiger partial charge >= 0.3 is 0 Å². The van der Waals surface area contributed by atoms with Gasteiger partial charge < -0.3 is 4.90 Å². The molecule has 0 aliphatic heterocycles. The van der Waals surface area contributed by atoms with Gasteiger partial charge in [-0.2, -0.15) is 4.80 Å². The van der Waals surface area contributed by atoms with E-state index in [4.69, 9.17) is 34.8 Å². The van der Waals surface area contributed by atoms with Crippen molar-refractivity contribution in [1.29, 1.82) is 0 Å². The summed E-state index contributed by atoms with van der Waals surface area (Å²) < 4.78 is 0. The number of tetrazole rings is 1. The van der Waals surface area contributed by atoms with E-state index in [0.29, 0.717) is 20.9 Å². The van der Waals surface area contributed by atoms with Crippen molar-refractivity contribution in [1.82, 2.24) is 25.1 Å². The van der Waals surface area contributed by atoms with Crippen molar-refractivity contribution in [2.45, 2.75) is 19.4 Å². The fraction of sp³-hybridized carbons (Fsp3) is 0.462. The summed E-state index contributed by atoms with van der Waals surface area (Å²) in [6.45, 7) is 2.64. The first-order valence-corrected chi connectivity index (χ1v) is 7.57. The Balaban J connectivity index is 2.42. The monoisotopic (exact) mass is 347 g/mol. The van der Waals surface area contributed by atoms with Crippen LogP contribution in [0.4, 0.5) is 0 Å². The number of benzene rings is 1. The predicted octanol–water partition coefficient (Wildman–Crippen LogP) is 3.48. The average molecular weight is 349 g/mol. The third kappa shape index (κ3) is 3.86. The molecule has 0 amide bonds.